The topological polar surface area (TPSA) is 111 Å². The van der Waals surface area contributed by atoms with Crippen LogP contribution < -0.4 is 5.32 Å². The van der Waals surface area contributed by atoms with Gasteiger partial charge in [0.1, 0.15) is 6.10 Å². The minimum absolute atomic E-state index is 0.0764. The maximum atomic E-state index is 11.0. The van der Waals surface area contributed by atoms with Crippen LogP contribution >= 0.6 is 0 Å². The Labute approximate surface area is 169 Å². The third kappa shape index (κ3) is 26.1. The van der Waals surface area contributed by atoms with Gasteiger partial charge < -0.3 is 19.3 Å². The normalized spacial score (nSPS) is 12.5. The molecule has 0 saturated carbocycles. The Morgan fingerprint density at radius 3 is 1.64 bits per heavy atom. The number of rotatable bonds is 8. The summed E-state index contributed by atoms with van der Waals surface area (Å²) in [4.78, 5) is 32.1. The highest BCUT2D eigenvalue weighted by Crippen LogP contribution is 1.96. The largest absolute Gasteiger partial charge is 0.463 e. The van der Waals surface area contributed by atoms with Gasteiger partial charge in [-0.1, -0.05) is 27.4 Å². The van der Waals surface area contributed by atoms with Gasteiger partial charge in [-0.2, -0.15) is 0 Å². The lowest BCUT2D eigenvalue weighted by atomic mass is 10.3. The molecular weight excluding hydrogens is 366 g/mol. The number of aliphatic hydroxyl groups is 1. The molecule has 1 amide bonds. The van der Waals surface area contributed by atoms with Gasteiger partial charge in [0.2, 0.25) is 0 Å². The van der Waals surface area contributed by atoms with E-state index in [-0.39, 0.29) is 36.6 Å². The average Bonchev–Trinajstić information content (AvgIpc) is 2.61. The summed E-state index contributed by atoms with van der Waals surface area (Å²) in [6, 6.07) is 0. The third-order valence-corrected chi connectivity index (χ3v) is 3.18. The summed E-state index contributed by atoms with van der Waals surface area (Å²) in [5.41, 5.74) is 0.284. The second-order valence-corrected chi connectivity index (χ2v) is 6.24. The molecule has 0 bridgehead atoms. The van der Waals surface area contributed by atoms with Crippen molar-refractivity contribution in [2.24, 2.45) is 0 Å². The number of ether oxygens (including phenoxy) is 3. The van der Waals surface area contributed by atoms with Crippen LogP contribution in [0.3, 0.4) is 0 Å². The molecule has 8 heteroatoms. The monoisotopic (exact) mass is 405 g/mol. The number of aliphatic hydroxyl groups excluding tert-OH is 1. The summed E-state index contributed by atoms with van der Waals surface area (Å²) in [6.07, 6.45) is 1.70. The molecule has 0 aromatic carbocycles. The van der Waals surface area contributed by atoms with Crippen molar-refractivity contribution >= 4 is 18.0 Å². The molecule has 0 saturated heterocycles. The summed E-state index contributed by atoms with van der Waals surface area (Å²) in [6.45, 7) is 17.4. The van der Waals surface area contributed by atoms with E-state index in [4.69, 9.17) is 14.6 Å². The smallest absolute Gasteiger partial charge is 0.410 e. The van der Waals surface area contributed by atoms with Crippen molar-refractivity contribution in [2.75, 3.05) is 6.73 Å². The fourth-order valence-electron chi connectivity index (χ4n) is 0.958. The minimum Gasteiger partial charge on any atom is -0.463 e. The van der Waals surface area contributed by atoms with E-state index in [1.807, 2.05) is 27.7 Å². The molecule has 0 rings (SSSR count). The molecule has 166 valence electrons. The van der Waals surface area contributed by atoms with Crippen molar-refractivity contribution in [3.63, 3.8) is 0 Å². The highest BCUT2D eigenvalue weighted by molar-refractivity contribution is 5.87. The van der Waals surface area contributed by atoms with Crippen molar-refractivity contribution in [1.29, 1.82) is 0 Å². The van der Waals surface area contributed by atoms with E-state index in [1.165, 1.54) is 13.8 Å². The van der Waals surface area contributed by atoms with Crippen molar-refractivity contribution in [3.8, 4) is 0 Å². The maximum Gasteiger partial charge on any atom is 0.410 e. The molecule has 0 aliphatic heterocycles. The molecule has 0 aromatic rings. The van der Waals surface area contributed by atoms with E-state index in [9.17, 15) is 14.4 Å². The Kier molecular flexibility index (Phi) is 21.5. The highest BCUT2D eigenvalue weighted by atomic mass is 16.6. The molecule has 0 aromatic heterocycles. The molecule has 0 spiro atoms. The van der Waals surface area contributed by atoms with Crippen LogP contribution in [0.5, 0.6) is 0 Å². The van der Waals surface area contributed by atoms with Crippen LogP contribution in [0.2, 0.25) is 0 Å². The fourth-order valence-corrected chi connectivity index (χ4v) is 0.958. The minimum atomic E-state index is -0.598. The first-order valence-electron chi connectivity index (χ1n) is 9.53. The highest BCUT2D eigenvalue weighted by Gasteiger charge is 2.08. The average molecular weight is 406 g/mol. The van der Waals surface area contributed by atoms with Crippen molar-refractivity contribution in [2.45, 2.75) is 93.0 Å². The predicted molar refractivity (Wildman–Crippen MR) is 109 cm³/mol. The van der Waals surface area contributed by atoms with E-state index in [0.29, 0.717) is 0 Å². The maximum absolute atomic E-state index is 11.0. The number of nitrogens with one attached hydrogen (secondary N) is 1. The number of hydrogen-bond acceptors (Lipinski definition) is 7. The fraction of sp³-hybridized carbons (Fsp3) is 0.750. The summed E-state index contributed by atoms with van der Waals surface area (Å²) < 4.78 is 14.3. The van der Waals surface area contributed by atoms with E-state index in [0.717, 1.165) is 19.3 Å². The van der Waals surface area contributed by atoms with Gasteiger partial charge in [-0.05, 0) is 47.0 Å². The summed E-state index contributed by atoms with van der Waals surface area (Å²) in [7, 11) is 0. The lowest BCUT2D eigenvalue weighted by Gasteiger charge is -2.11. The Hall–Kier alpha value is -2.09. The molecule has 8 nitrogen and oxygen atoms in total. The van der Waals surface area contributed by atoms with Gasteiger partial charge in [0.05, 0.1) is 12.2 Å². The number of amides is 1. The van der Waals surface area contributed by atoms with Gasteiger partial charge in [-0.25, -0.2) is 9.59 Å². The van der Waals surface area contributed by atoms with Crippen LogP contribution in [-0.4, -0.2) is 48.2 Å². The van der Waals surface area contributed by atoms with Crippen molar-refractivity contribution in [1.82, 2.24) is 5.32 Å². The van der Waals surface area contributed by atoms with Crippen LogP contribution in [0, 0.1) is 0 Å². The molecular formula is C20H39NO7. The second-order valence-electron chi connectivity index (χ2n) is 6.24. The van der Waals surface area contributed by atoms with Gasteiger partial charge in [-0.15, -0.1) is 0 Å². The third-order valence-electron chi connectivity index (χ3n) is 3.18. The summed E-state index contributed by atoms with van der Waals surface area (Å²) >= 11 is 0. The van der Waals surface area contributed by atoms with Crippen molar-refractivity contribution < 1.29 is 33.7 Å². The van der Waals surface area contributed by atoms with Crippen LogP contribution in [0.1, 0.15) is 74.7 Å². The van der Waals surface area contributed by atoms with E-state index in [1.54, 1.807) is 13.8 Å². The van der Waals surface area contributed by atoms with E-state index >= 15 is 0 Å². The molecule has 3 unspecified atom stereocenters. The predicted octanol–water partition coefficient (Wildman–Crippen LogP) is 3.71. The Morgan fingerprint density at radius 2 is 1.36 bits per heavy atom. The molecule has 0 radical (unpaired) electrons. The first-order chi connectivity index (χ1) is 12.9. The van der Waals surface area contributed by atoms with Gasteiger partial charge in [0.25, 0.3) is 0 Å². The Balaban J connectivity index is -0.000000400. The number of alkyl carbamates (subject to hydrolysis) is 1. The van der Waals surface area contributed by atoms with Gasteiger partial charge >= 0.3 is 18.0 Å². The standard InChI is InChI=1S/C10H17NO4.C6H12O2.C4H10O/c1-5-8(4)15-10(13)11-6-14-9(12)7(2)3;1-4-5(2)8-6(3)7;1-3-4(2)5/h8H,2,5-6H2,1,3-4H3,(H,11,13);5H,4H2,1-3H3;4-5H,3H2,1-2H3. The molecule has 0 heterocycles. The summed E-state index contributed by atoms with van der Waals surface area (Å²) in [5.74, 6) is -0.738. The molecule has 28 heavy (non-hydrogen) atoms. The number of hydrogen-bond donors (Lipinski definition) is 2. The first kappa shape index (κ1) is 30.6. The Morgan fingerprint density at radius 1 is 0.929 bits per heavy atom. The van der Waals surface area contributed by atoms with Gasteiger partial charge in [-0.3, -0.25) is 10.1 Å². The van der Waals surface area contributed by atoms with Gasteiger partial charge in [0, 0.05) is 12.5 Å². The first-order valence-corrected chi connectivity index (χ1v) is 9.53. The van der Waals surface area contributed by atoms with Gasteiger partial charge in [0.15, 0.2) is 6.73 Å². The quantitative estimate of drug-likeness (QED) is 0.274. The van der Waals surface area contributed by atoms with Crippen LogP contribution in [0.25, 0.3) is 0 Å². The SMILES string of the molecule is C=C(C)C(=O)OCNC(=O)OC(C)CC.CCC(C)O.CCC(C)OC(C)=O. The van der Waals surface area contributed by atoms with E-state index < -0.39 is 12.1 Å². The zero-order valence-electron chi connectivity index (χ0n) is 18.7. The molecule has 3 atom stereocenters. The Bertz CT molecular complexity index is 450. The number of carbonyl (C=O) groups is 3. The van der Waals surface area contributed by atoms with Crippen molar-refractivity contribution in [3.05, 3.63) is 12.2 Å². The summed E-state index contributed by atoms with van der Waals surface area (Å²) in [5, 5.41) is 10.6. The van der Waals surface area contributed by atoms with Crippen LogP contribution in [0.4, 0.5) is 4.79 Å². The molecule has 0 aliphatic rings. The van der Waals surface area contributed by atoms with Crippen LogP contribution in [-0.2, 0) is 23.8 Å². The number of carbonyl (C=O) groups excluding carboxylic acids is 3. The second kappa shape index (κ2) is 19.7. The lowest BCUT2D eigenvalue weighted by Crippen LogP contribution is -2.30. The zero-order valence-corrected chi connectivity index (χ0v) is 18.7. The number of esters is 2. The molecule has 0 aliphatic carbocycles. The zero-order chi connectivity index (χ0) is 22.7. The van der Waals surface area contributed by atoms with Crippen LogP contribution in [0.15, 0.2) is 12.2 Å². The molecule has 2 N–H and O–H groups in total. The van der Waals surface area contributed by atoms with E-state index in [2.05, 4.69) is 16.6 Å². The lowest BCUT2D eigenvalue weighted by molar-refractivity contribution is -0.145. The molecule has 0 fully saturated rings.